The Balaban J connectivity index is 1.45. The number of hydrogen-bond donors (Lipinski definition) is 0. The zero-order chi connectivity index (χ0) is 20.2. The predicted molar refractivity (Wildman–Crippen MR) is 117 cm³/mol. The number of fused-ring (bicyclic) bond motifs is 1. The van der Waals surface area contributed by atoms with Crippen LogP contribution in [0.4, 0.5) is 0 Å². The Kier molecular flexibility index (Phi) is 5.95. The first-order chi connectivity index (χ1) is 14.1. The lowest BCUT2D eigenvalue weighted by Crippen LogP contribution is -2.07. The lowest BCUT2D eigenvalue weighted by Gasteiger charge is -2.10. The standard InChI is InChI=1S/C24H25NO3S/c1-17-13-21(18(2)25(17)15-19-7-4-3-5-8-19)22(26)16-29-20-9-10-23-24(14-20)28-12-6-11-27-23/h3-5,7-10,13-14H,6,11-12,15-16H2,1-2H3. The zero-order valence-corrected chi connectivity index (χ0v) is 17.6. The number of carbonyl (C=O) groups excluding carboxylic acids is 1. The Morgan fingerprint density at radius 3 is 2.55 bits per heavy atom. The highest BCUT2D eigenvalue weighted by Crippen LogP contribution is 2.34. The number of aryl methyl sites for hydroxylation is 1. The van der Waals surface area contributed by atoms with Crippen molar-refractivity contribution in [3.05, 3.63) is 77.1 Å². The molecule has 4 rings (SSSR count). The maximum Gasteiger partial charge on any atom is 0.174 e. The first-order valence-electron chi connectivity index (χ1n) is 9.88. The summed E-state index contributed by atoms with van der Waals surface area (Å²) in [6, 6.07) is 18.2. The summed E-state index contributed by atoms with van der Waals surface area (Å²) in [5.41, 5.74) is 4.17. The van der Waals surface area contributed by atoms with Crippen molar-refractivity contribution in [3.8, 4) is 11.5 Å². The van der Waals surface area contributed by atoms with Crippen LogP contribution < -0.4 is 9.47 Å². The number of carbonyl (C=O) groups is 1. The van der Waals surface area contributed by atoms with Gasteiger partial charge in [0.1, 0.15) is 0 Å². The third-order valence-corrected chi connectivity index (χ3v) is 6.14. The molecule has 0 saturated carbocycles. The highest BCUT2D eigenvalue weighted by Gasteiger charge is 2.17. The smallest absolute Gasteiger partial charge is 0.174 e. The minimum atomic E-state index is 0.148. The van der Waals surface area contributed by atoms with Gasteiger partial charge in [-0.1, -0.05) is 30.3 Å². The second-order valence-corrected chi connectivity index (χ2v) is 8.28. The number of nitrogens with zero attached hydrogens (tertiary/aromatic N) is 1. The Labute approximate surface area is 175 Å². The van der Waals surface area contributed by atoms with E-state index in [4.69, 9.17) is 9.47 Å². The van der Waals surface area contributed by atoms with Gasteiger partial charge in [-0.2, -0.15) is 0 Å². The maximum atomic E-state index is 12.9. The maximum absolute atomic E-state index is 12.9. The van der Waals surface area contributed by atoms with Gasteiger partial charge in [-0.15, -0.1) is 11.8 Å². The summed E-state index contributed by atoms with van der Waals surface area (Å²) in [7, 11) is 0. The number of hydrogen-bond acceptors (Lipinski definition) is 4. The monoisotopic (exact) mass is 407 g/mol. The quantitative estimate of drug-likeness (QED) is 0.411. The van der Waals surface area contributed by atoms with E-state index in [-0.39, 0.29) is 5.78 Å². The van der Waals surface area contributed by atoms with Crippen LogP contribution in [0.2, 0.25) is 0 Å². The average Bonchev–Trinajstić information content (AvgIpc) is 2.90. The normalized spacial score (nSPS) is 13.2. The van der Waals surface area contributed by atoms with Crippen LogP contribution in [0.25, 0.3) is 0 Å². The fraction of sp³-hybridized carbons (Fsp3) is 0.292. The predicted octanol–water partition coefficient (Wildman–Crippen LogP) is 5.29. The number of rotatable bonds is 6. The molecule has 0 atom stereocenters. The van der Waals surface area contributed by atoms with Crippen LogP contribution in [0.5, 0.6) is 11.5 Å². The van der Waals surface area contributed by atoms with Gasteiger partial charge in [0.25, 0.3) is 0 Å². The highest BCUT2D eigenvalue weighted by molar-refractivity contribution is 8.00. The average molecular weight is 408 g/mol. The molecule has 0 unspecified atom stereocenters. The van der Waals surface area contributed by atoms with Crippen molar-refractivity contribution in [1.82, 2.24) is 4.57 Å². The Bertz CT molecular complexity index is 1010. The first kappa shape index (κ1) is 19.6. The van der Waals surface area contributed by atoms with Crippen LogP contribution in [0.3, 0.4) is 0 Å². The summed E-state index contributed by atoms with van der Waals surface area (Å²) in [5, 5.41) is 0. The van der Waals surface area contributed by atoms with Crippen LogP contribution in [0.15, 0.2) is 59.5 Å². The molecule has 1 aliphatic rings. The molecule has 1 aromatic heterocycles. The van der Waals surface area contributed by atoms with Crippen LogP contribution in [-0.2, 0) is 6.54 Å². The van der Waals surface area contributed by atoms with Gasteiger partial charge in [-0.3, -0.25) is 4.79 Å². The van der Waals surface area contributed by atoms with E-state index in [0.717, 1.165) is 46.3 Å². The molecule has 5 heteroatoms. The molecule has 2 aromatic carbocycles. The molecule has 0 bridgehead atoms. The molecule has 0 amide bonds. The van der Waals surface area contributed by atoms with Crippen molar-refractivity contribution in [2.45, 2.75) is 31.7 Å². The first-order valence-corrected chi connectivity index (χ1v) is 10.9. The van der Waals surface area contributed by atoms with Crippen LogP contribution in [-0.4, -0.2) is 29.3 Å². The molecular weight excluding hydrogens is 382 g/mol. The van der Waals surface area contributed by atoms with E-state index in [1.165, 1.54) is 17.3 Å². The lowest BCUT2D eigenvalue weighted by molar-refractivity contribution is 0.102. The fourth-order valence-corrected chi connectivity index (χ4v) is 4.36. The van der Waals surface area contributed by atoms with Gasteiger partial charge in [0.15, 0.2) is 17.3 Å². The Hall–Kier alpha value is -2.66. The third kappa shape index (κ3) is 4.51. The van der Waals surface area contributed by atoms with Gasteiger partial charge < -0.3 is 14.0 Å². The lowest BCUT2D eigenvalue weighted by atomic mass is 10.2. The zero-order valence-electron chi connectivity index (χ0n) is 16.8. The summed E-state index contributed by atoms with van der Waals surface area (Å²) in [4.78, 5) is 13.9. The van der Waals surface area contributed by atoms with Crippen molar-refractivity contribution >= 4 is 17.5 Å². The van der Waals surface area contributed by atoms with Crippen molar-refractivity contribution in [2.75, 3.05) is 19.0 Å². The number of aromatic nitrogens is 1. The van der Waals surface area contributed by atoms with Crippen molar-refractivity contribution < 1.29 is 14.3 Å². The van der Waals surface area contributed by atoms with Gasteiger partial charge in [0, 0.05) is 34.8 Å². The second kappa shape index (κ2) is 8.78. The molecule has 0 spiro atoms. The summed E-state index contributed by atoms with van der Waals surface area (Å²) < 4.78 is 13.6. The number of ether oxygens (including phenoxy) is 2. The van der Waals surface area contributed by atoms with E-state index in [2.05, 4.69) is 23.6 Å². The molecule has 0 fully saturated rings. The molecular formula is C24H25NO3S. The summed E-state index contributed by atoms with van der Waals surface area (Å²) >= 11 is 1.54. The molecule has 4 nitrogen and oxygen atoms in total. The SMILES string of the molecule is Cc1cc(C(=O)CSc2ccc3c(c2)OCCCO3)c(C)n1Cc1ccccc1. The summed E-state index contributed by atoms with van der Waals surface area (Å²) in [5.74, 6) is 2.09. The van der Waals surface area contributed by atoms with Crippen molar-refractivity contribution in [3.63, 3.8) is 0 Å². The topological polar surface area (TPSA) is 40.5 Å². The molecule has 1 aliphatic heterocycles. The van der Waals surface area contributed by atoms with E-state index in [1.807, 2.05) is 49.4 Å². The van der Waals surface area contributed by atoms with E-state index >= 15 is 0 Å². The van der Waals surface area contributed by atoms with Crippen LogP contribution >= 0.6 is 11.8 Å². The minimum Gasteiger partial charge on any atom is -0.490 e. The Morgan fingerprint density at radius 2 is 1.76 bits per heavy atom. The van der Waals surface area contributed by atoms with E-state index in [0.29, 0.717) is 19.0 Å². The number of Topliss-reactive ketones (excluding diaryl/α,β-unsaturated/α-hetero) is 1. The van der Waals surface area contributed by atoms with Gasteiger partial charge in [-0.05, 0) is 43.7 Å². The summed E-state index contributed by atoms with van der Waals surface area (Å²) in [6.45, 7) is 6.20. The van der Waals surface area contributed by atoms with Gasteiger partial charge >= 0.3 is 0 Å². The Morgan fingerprint density at radius 1 is 1.00 bits per heavy atom. The molecule has 3 aromatic rings. The van der Waals surface area contributed by atoms with Gasteiger partial charge in [0.05, 0.1) is 19.0 Å². The van der Waals surface area contributed by atoms with Crippen LogP contribution in [0.1, 0.15) is 33.7 Å². The number of ketones is 1. The number of benzene rings is 2. The van der Waals surface area contributed by atoms with E-state index < -0.39 is 0 Å². The second-order valence-electron chi connectivity index (χ2n) is 7.23. The molecule has 0 N–H and O–H groups in total. The molecule has 0 aliphatic carbocycles. The molecule has 29 heavy (non-hydrogen) atoms. The molecule has 2 heterocycles. The minimum absolute atomic E-state index is 0.148. The highest BCUT2D eigenvalue weighted by atomic mass is 32.2. The van der Waals surface area contributed by atoms with E-state index in [9.17, 15) is 4.79 Å². The molecule has 0 radical (unpaired) electrons. The molecule has 150 valence electrons. The van der Waals surface area contributed by atoms with Crippen molar-refractivity contribution in [1.29, 1.82) is 0 Å². The van der Waals surface area contributed by atoms with Crippen molar-refractivity contribution in [2.24, 2.45) is 0 Å². The molecule has 0 saturated heterocycles. The summed E-state index contributed by atoms with van der Waals surface area (Å²) in [6.07, 6.45) is 0.883. The van der Waals surface area contributed by atoms with Gasteiger partial charge in [0.2, 0.25) is 0 Å². The third-order valence-electron chi connectivity index (χ3n) is 5.15. The van der Waals surface area contributed by atoms with Gasteiger partial charge in [-0.25, -0.2) is 0 Å². The fourth-order valence-electron chi connectivity index (χ4n) is 3.55. The number of thioether (sulfide) groups is 1. The van der Waals surface area contributed by atoms with Crippen LogP contribution in [0, 0.1) is 13.8 Å². The largest absolute Gasteiger partial charge is 0.490 e. The van der Waals surface area contributed by atoms with E-state index in [1.54, 1.807) is 0 Å².